The highest BCUT2D eigenvalue weighted by molar-refractivity contribution is 6.76. The van der Waals surface area contributed by atoms with Crippen LogP contribution in [0.15, 0.2) is 76.4 Å². The molecule has 0 spiro atoms. The number of hydrogen-bond acceptors (Lipinski definition) is 11. The Morgan fingerprint density at radius 2 is 1.54 bits per heavy atom. The molecule has 0 unspecified atom stereocenters. The lowest BCUT2D eigenvalue weighted by Gasteiger charge is -2.15. The average Bonchev–Trinajstić information content (AvgIpc) is 3.71. The van der Waals surface area contributed by atoms with E-state index in [1.165, 1.54) is 49.6 Å². The predicted octanol–water partition coefficient (Wildman–Crippen LogP) is 6.87. The van der Waals surface area contributed by atoms with Gasteiger partial charge in [-0.2, -0.15) is 5.10 Å². The van der Waals surface area contributed by atoms with Gasteiger partial charge in [-0.15, -0.1) is 0 Å². The number of benzene rings is 2. The van der Waals surface area contributed by atoms with Crippen LogP contribution in [0.1, 0.15) is 33.6 Å². The number of fused-ring (bicyclic) bond motifs is 2. The molecule has 6 rings (SSSR count). The summed E-state index contributed by atoms with van der Waals surface area (Å²) in [5.41, 5.74) is 18.8. The second kappa shape index (κ2) is 17.5. The molecule has 1 aliphatic rings. The van der Waals surface area contributed by atoms with E-state index in [0.29, 0.717) is 62.9 Å². The topological polar surface area (TPSA) is 168 Å². The van der Waals surface area contributed by atoms with Gasteiger partial charge < -0.3 is 16.2 Å². The maximum Gasteiger partial charge on any atom is 0.140 e. The molecule has 16 heteroatoms. The fourth-order valence-electron chi connectivity index (χ4n) is 5.65. The zero-order chi connectivity index (χ0) is 39.0. The van der Waals surface area contributed by atoms with Crippen LogP contribution < -0.4 is 11.5 Å². The Hall–Kier alpha value is -5.51. The lowest BCUT2D eigenvalue weighted by molar-refractivity contribution is 0.0802. The highest BCUT2D eigenvalue weighted by atomic mass is 35.5. The molecule has 5 aromatic rings. The van der Waals surface area contributed by atoms with Crippen molar-refractivity contribution >= 4 is 59.9 Å². The van der Waals surface area contributed by atoms with E-state index in [0.717, 1.165) is 34.3 Å². The Kier molecular flexibility index (Phi) is 12.9. The first-order valence-corrected chi connectivity index (χ1v) is 21.1. The molecule has 4 heterocycles. The molecule has 4 N–H and O–H groups in total. The molecule has 0 aliphatic carbocycles. The molecule has 0 bridgehead atoms. The molecular formula is C38H42ClF2N11OSi. The van der Waals surface area contributed by atoms with Crippen LogP contribution in [0.25, 0.3) is 33.4 Å². The number of rotatable bonds is 11. The Morgan fingerprint density at radius 1 is 0.889 bits per heavy atom. The molecule has 54 heavy (non-hydrogen) atoms. The first kappa shape index (κ1) is 39.7. The van der Waals surface area contributed by atoms with Crippen molar-refractivity contribution in [2.45, 2.75) is 45.9 Å². The summed E-state index contributed by atoms with van der Waals surface area (Å²) in [6.07, 6.45) is 8.60. The van der Waals surface area contributed by atoms with E-state index in [2.05, 4.69) is 59.7 Å². The maximum absolute atomic E-state index is 14.8. The molecule has 12 nitrogen and oxygen atoms in total. The summed E-state index contributed by atoms with van der Waals surface area (Å²) in [5, 5.41) is 5.56. The van der Waals surface area contributed by atoms with Crippen LogP contribution in [0.5, 0.6) is 0 Å². The smallest absolute Gasteiger partial charge is 0.140 e. The van der Waals surface area contributed by atoms with Crippen molar-refractivity contribution in [3.05, 3.63) is 112 Å². The van der Waals surface area contributed by atoms with Gasteiger partial charge in [0.2, 0.25) is 0 Å². The standard InChI is InChI=1S/C21H26ClFN6OSi.C17H16FN5/c1-25-11-14(10-24)15-7-16-18(8-17(15)23)28-29(13-30-5-6-31(2,3)4)21(16)19-9-20(22)27-12-26-19;1-10-3-16(23-9-22-10)17-14-5-13(12(6-19)7-20-2)15(18)4-11(14)8-21-17/h7-12H,5-6,13,24H2,1-4H3;3-7,9H,8,19H2,1-2H3. The van der Waals surface area contributed by atoms with Gasteiger partial charge in [-0.1, -0.05) is 31.2 Å². The van der Waals surface area contributed by atoms with Gasteiger partial charge in [0.05, 0.1) is 34.9 Å². The van der Waals surface area contributed by atoms with E-state index in [9.17, 15) is 8.78 Å². The number of allylic oxidation sites excluding steroid dienone is 2. The number of halogens is 3. The Morgan fingerprint density at radius 3 is 2.17 bits per heavy atom. The van der Waals surface area contributed by atoms with Crippen LogP contribution >= 0.6 is 11.6 Å². The third kappa shape index (κ3) is 9.34. The summed E-state index contributed by atoms with van der Waals surface area (Å²) in [6, 6.07) is 10.9. The fraction of sp³-hybridized carbons (Fsp3) is 0.263. The summed E-state index contributed by atoms with van der Waals surface area (Å²) < 4.78 is 36.8. The predicted molar refractivity (Wildman–Crippen MR) is 216 cm³/mol. The Bertz CT molecular complexity index is 2310. The highest BCUT2D eigenvalue weighted by Gasteiger charge is 2.23. The second-order valence-electron chi connectivity index (χ2n) is 13.5. The van der Waals surface area contributed by atoms with E-state index in [-0.39, 0.29) is 12.5 Å². The normalized spacial score (nSPS) is 13.5. The number of aliphatic imine (C=N–C) groups is 3. The first-order valence-electron chi connectivity index (χ1n) is 17.0. The summed E-state index contributed by atoms with van der Waals surface area (Å²) in [5.74, 6) is -0.781. The van der Waals surface area contributed by atoms with Crippen LogP contribution in [0.2, 0.25) is 30.8 Å². The van der Waals surface area contributed by atoms with Crippen molar-refractivity contribution < 1.29 is 13.5 Å². The molecule has 3 aromatic heterocycles. The minimum atomic E-state index is -1.22. The SMILES string of the molecule is CN=CC(=CN)c1cc2c(-c3cc(Cl)ncn3)n(COCC[Si](C)(C)C)nc2cc1F.CN=CC(=CN)c1cc2c(cc1F)CN=C2c1cc(C)ncn1. The molecule has 2 aromatic carbocycles. The molecule has 0 saturated carbocycles. The minimum Gasteiger partial charge on any atom is -0.404 e. The molecule has 0 radical (unpaired) electrons. The molecular weight excluding hydrogens is 728 g/mol. The van der Waals surface area contributed by atoms with Gasteiger partial charge in [-0.3, -0.25) is 15.0 Å². The van der Waals surface area contributed by atoms with Crippen LogP contribution in [0.3, 0.4) is 0 Å². The van der Waals surface area contributed by atoms with Crippen molar-refractivity contribution in [3.8, 4) is 11.4 Å². The van der Waals surface area contributed by atoms with E-state index >= 15 is 0 Å². The summed E-state index contributed by atoms with van der Waals surface area (Å²) in [6.45, 7) is 10.0. The molecule has 1 aliphatic heterocycles. The molecule has 0 saturated heterocycles. The number of hydrogen-bond donors (Lipinski definition) is 2. The van der Waals surface area contributed by atoms with Gasteiger partial charge in [0.1, 0.15) is 36.2 Å². The lowest BCUT2D eigenvalue weighted by Crippen LogP contribution is -2.22. The number of nitrogens with zero attached hydrogens (tertiary/aromatic N) is 9. The van der Waals surface area contributed by atoms with Crippen molar-refractivity contribution in [1.29, 1.82) is 0 Å². The Balaban J connectivity index is 0.000000217. The third-order valence-electron chi connectivity index (χ3n) is 8.33. The minimum absolute atomic E-state index is 0.211. The van der Waals surface area contributed by atoms with Gasteiger partial charge in [0.15, 0.2) is 0 Å². The average molecular weight is 770 g/mol. The Labute approximate surface area is 318 Å². The van der Waals surface area contributed by atoms with Crippen LogP contribution in [-0.2, 0) is 18.0 Å². The first-order chi connectivity index (χ1) is 25.9. The molecule has 0 atom stereocenters. The zero-order valence-corrected chi connectivity index (χ0v) is 32.7. The largest absolute Gasteiger partial charge is 0.404 e. The number of ether oxygens (including phenoxy) is 1. The van der Waals surface area contributed by atoms with Crippen molar-refractivity contribution in [1.82, 2.24) is 29.7 Å². The quantitative estimate of drug-likeness (QED) is 0.0635. The van der Waals surface area contributed by atoms with Crippen molar-refractivity contribution in [2.24, 2.45) is 26.4 Å². The van der Waals surface area contributed by atoms with E-state index in [4.69, 9.17) is 27.8 Å². The van der Waals surface area contributed by atoms with E-state index in [1.54, 1.807) is 37.0 Å². The third-order valence-corrected chi connectivity index (χ3v) is 10.2. The summed E-state index contributed by atoms with van der Waals surface area (Å²) >= 11 is 6.10. The van der Waals surface area contributed by atoms with Gasteiger partial charge >= 0.3 is 0 Å². The van der Waals surface area contributed by atoms with Gasteiger partial charge in [0.25, 0.3) is 0 Å². The highest BCUT2D eigenvalue weighted by Crippen LogP contribution is 2.32. The number of aromatic nitrogens is 6. The lowest BCUT2D eigenvalue weighted by atomic mass is 9.97. The number of aryl methyl sites for hydroxylation is 1. The summed E-state index contributed by atoms with van der Waals surface area (Å²) in [7, 11) is 1.99. The van der Waals surface area contributed by atoms with E-state index in [1.807, 2.05) is 13.0 Å². The molecule has 0 fully saturated rings. The monoisotopic (exact) mass is 769 g/mol. The summed E-state index contributed by atoms with van der Waals surface area (Å²) in [4.78, 5) is 29.0. The van der Waals surface area contributed by atoms with Crippen molar-refractivity contribution in [2.75, 3.05) is 20.7 Å². The number of nitrogens with two attached hydrogens (primary N) is 2. The van der Waals surface area contributed by atoms with Crippen molar-refractivity contribution in [3.63, 3.8) is 0 Å². The van der Waals surface area contributed by atoms with E-state index < -0.39 is 13.9 Å². The molecule has 280 valence electrons. The fourth-order valence-corrected chi connectivity index (χ4v) is 6.56. The van der Waals surface area contributed by atoms with Crippen LogP contribution in [0.4, 0.5) is 8.78 Å². The van der Waals surface area contributed by atoms with Crippen LogP contribution in [0, 0.1) is 18.6 Å². The molecule has 0 amide bonds. The maximum atomic E-state index is 14.8. The zero-order valence-electron chi connectivity index (χ0n) is 31.0. The van der Waals surface area contributed by atoms with Crippen LogP contribution in [-0.4, -0.2) is 76.6 Å². The van der Waals surface area contributed by atoms with Gasteiger partial charge in [-0.25, -0.2) is 33.4 Å². The van der Waals surface area contributed by atoms with Gasteiger partial charge in [-0.05, 0) is 42.8 Å². The second-order valence-corrected chi connectivity index (χ2v) is 19.5. The van der Waals surface area contributed by atoms with Gasteiger partial charge in [0, 0.05) is 105 Å².